The van der Waals surface area contributed by atoms with E-state index < -0.39 is 0 Å². The number of nitrogens with one attached hydrogen (secondary N) is 1. The number of hydrogen-bond acceptors (Lipinski definition) is 2. The summed E-state index contributed by atoms with van der Waals surface area (Å²) in [7, 11) is 0. The fourth-order valence-electron chi connectivity index (χ4n) is 2.42. The Morgan fingerprint density at radius 2 is 1.86 bits per heavy atom. The molecule has 0 aromatic rings. The largest absolute Gasteiger partial charge is 0.314 e. The van der Waals surface area contributed by atoms with Gasteiger partial charge in [0.25, 0.3) is 0 Å². The Labute approximate surface area is 88.1 Å². The molecule has 0 bridgehead atoms. The molecule has 0 amide bonds. The molecule has 0 aromatic carbocycles. The SMILES string of the molecule is CCNC1CCN(CCC2CC2)CC1. The fourth-order valence-corrected chi connectivity index (χ4v) is 2.42. The molecule has 2 rings (SSSR count). The lowest BCUT2D eigenvalue weighted by molar-refractivity contribution is 0.194. The molecule has 0 atom stereocenters. The van der Waals surface area contributed by atoms with Gasteiger partial charge in [-0.3, -0.25) is 0 Å². The lowest BCUT2D eigenvalue weighted by atomic mass is 10.0. The monoisotopic (exact) mass is 196 g/mol. The first-order valence-corrected chi connectivity index (χ1v) is 6.34. The van der Waals surface area contributed by atoms with Gasteiger partial charge < -0.3 is 10.2 Å². The molecule has 1 aliphatic carbocycles. The van der Waals surface area contributed by atoms with Crippen molar-refractivity contribution in [2.75, 3.05) is 26.2 Å². The maximum Gasteiger partial charge on any atom is 0.00912 e. The predicted octanol–water partition coefficient (Wildman–Crippen LogP) is 1.86. The quantitative estimate of drug-likeness (QED) is 0.722. The molecule has 0 radical (unpaired) electrons. The van der Waals surface area contributed by atoms with E-state index in [1.54, 1.807) is 0 Å². The molecule has 1 heterocycles. The van der Waals surface area contributed by atoms with Crippen LogP contribution in [-0.4, -0.2) is 37.1 Å². The predicted molar refractivity (Wildman–Crippen MR) is 60.5 cm³/mol. The minimum Gasteiger partial charge on any atom is -0.314 e. The summed E-state index contributed by atoms with van der Waals surface area (Å²) >= 11 is 0. The summed E-state index contributed by atoms with van der Waals surface area (Å²) in [5.74, 6) is 1.10. The zero-order valence-corrected chi connectivity index (χ0v) is 9.47. The van der Waals surface area contributed by atoms with Crippen LogP contribution in [0.1, 0.15) is 39.0 Å². The zero-order chi connectivity index (χ0) is 9.80. The number of nitrogens with zero attached hydrogens (tertiary/aromatic N) is 1. The van der Waals surface area contributed by atoms with Gasteiger partial charge in [0, 0.05) is 6.04 Å². The van der Waals surface area contributed by atoms with Crippen LogP contribution in [0.4, 0.5) is 0 Å². The Balaban J connectivity index is 1.57. The third-order valence-corrected chi connectivity index (χ3v) is 3.63. The van der Waals surface area contributed by atoms with Gasteiger partial charge >= 0.3 is 0 Å². The van der Waals surface area contributed by atoms with Crippen molar-refractivity contribution in [2.24, 2.45) is 5.92 Å². The van der Waals surface area contributed by atoms with Gasteiger partial charge in [0.1, 0.15) is 0 Å². The summed E-state index contributed by atoms with van der Waals surface area (Å²) < 4.78 is 0. The summed E-state index contributed by atoms with van der Waals surface area (Å²) in [4.78, 5) is 2.66. The Morgan fingerprint density at radius 3 is 2.43 bits per heavy atom. The summed E-state index contributed by atoms with van der Waals surface area (Å²) in [5, 5.41) is 3.56. The van der Waals surface area contributed by atoms with Gasteiger partial charge in [-0.15, -0.1) is 0 Å². The van der Waals surface area contributed by atoms with Crippen LogP contribution in [0.25, 0.3) is 0 Å². The summed E-state index contributed by atoms with van der Waals surface area (Å²) in [6.07, 6.45) is 7.20. The van der Waals surface area contributed by atoms with Crippen molar-refractivity contribution < 1.29 is 0 Å². The third-order valence-electron chi connectivity index (χ3n) is 3.63. The molecule has 1 saturated heterocycles. The van der Waals surface area contributed by atoms with Crippen molar-refractivity contribution in [2.45, 2.75) is 45.1 Å². The molecule has 2 nitrogen and oxygen atoms in total. The Kier molecular flexibility index (Phi) is 3.82. The van der Waals surface area contributed by atoms with E-state index in [-0.39, 0.29) is 0 Å². The van der Waals surface area contributed by atoms with Crippen molar-refractivity contribution in [3.05, 3.63) is 0 Å². The van der Waals surface area contributed by atoms with Gasteiger partial charge in [-0.25, -0.2) is 0 Å². The molecule has 14 heavy (non-hydrogen) atoms. The average Bonchev–Trinajstić information content (AvgIpc) is 3.01. The van der Waals surface area contributed by atoms with Gasteiger partial charge in [-0.05, 0) is 51.4 Å². The van der Waals surface area contributed by atoms with E-state index >= 15 is 0 Å². The zero-order valence-electron chi connectivity index (χ0n) is 9.47. The number of rotatable bonds is 5. The first-order chi connectivity index (χ1) is 6.88. The lowest BCUT2D eigenvalue weighted by Crippen LogP contribution is -2.42. The van der Waals surface area contributed by atoms with Gasteiger partial charge in [0.2, 0.25) is 0 Å². The highest BCUT2D eigenvalue weighted by Gasteiger charge is 2.23. The van der Waals surface area contributed by atoms with Gasteiger partial charge in [0.15, 0.2) is 0 Å². The average molecular weight is 196 g/mol. The maximum atomic E-state index is 3.56. The smallest absolute Gasteiger partial charge is 0.00912 e. The first kappa shape index (κ1) is 10.4. The second-order valence-electron chi connectivity index (χ2n) is 4.91. The molecule has 2 heteroatoms. The van der Waals surface area contributed by atoms with Gasteiger partial charge in [0.05, 0.1) is 0 Å². The molecule has 2 aliphatic rings. The third kappa shape index (κ3) is 3.25. The van der Waals surface area contributed by atoms with Crippen LogP contribution >= 0.6 is 0 Å². The number of piperidine rings is 1. The molecule has 0 unspecified atom stereocenters. The normalized spacial score (nSPS) is 25.5. The van der Waals surface area contributed by atoms with Crippen molar-refractivity contribution in [1.29, 1.82) is 0 Å². The summed E-state index contributed by atoms with van der Waals surface area (Å²) in [5.41, 5.74) is 0. The number of hydrogen-bond donors (Lipinski definition) is 1. The Morgan fingerprint density at radius 1 is 1.14 bits per heavy atom. The molecule has 82 valence electrons. The van der Waals surface area contributed by atoms with E-state index in [4.69, 9.17) is 0 Å². The summed E-state index contributed by atoms with van der Waals surface area (Å²) in [6, 6.07) is 0.803. The van der Waals surface area contributed by atoms with Crippen LogP contribution in [0.2, 0.25) is 0 Å². The highest BCUT2D eigenvalue weighted by atomic mass is 15.1. The molecular formula is C12H24N2. The van der Waals surface area contributed by atoms with Crippen LogP contribution in [0, 0.1) is 5.92 Å². The molecule has 2 fully saturated rings. The standard InChI is InChI=1S/C12H24N2/c1-2-13-12-6-9-14(10-7-12)8-5-11-3-4-11/h11-13H,2-10H2,1H3. The maximum absolute atomic E-state index is 3.56. The molecular weight excluding hydrogens is 172 g/mol. The minimum absolute atomic E-state index is 0.803. The van der Waals surface area contributed by atoms with E-state index in [1.165, 1.54) is 51.7 Å². The van der Waals surface area contributed by atoms with Crippen molar-refractivity contribution in [3.8, 4) is 0 Å². The van der Waals surface area contributed by atoms with Crippen molar-refractivity contribution >= 4 is 0 Å². The molecule has 1 N–H and O–H groups in total. The van der Waals surface area contributed by atoms with E-state index in [0.29, 0.717) is 0 Å². The van der Waals surface area contributed by atoms with E-state index in [9.17, 15) is 0 Å². The van der Waals surface area contributed by atoms with E-state index in [0.717, 1.165) is 18.5 Å². The number of likely N-dealkylation sites (tertiary alicyclic amines) is 1. The molecule has 1 aliphatic heterocycles. The van der Waals surface area contributed by atoms with Crippen LogP contribution in [0.5, 0.6) is 0 Å². The van der Waals surface area contributed by atoms with Gasteiger partial charge in [-0.2, -0.15) is 0 Å². The van der Waals surface area contributed by atoms with Crippen LogP contribution in [0.3, 0.4) is 0 Å². The highest BCUT2D eigenvalue weighted by molar-refractivity contribution is 4.79. The lowest BCUT2D eigenvalue weighted by Gasteiger charge is -2.32. The topological polar surface area (TPSA) is 15.3 Å². The minimum atomic E-state index is 0.803. The molecule has 0 spiro atoms. The highest BCUT2D eigenvalue weighted by Crippen LogP contribution is 2.32. The van der Waals surface area contributed by atoms with Crippen LogP contribution < -0.4 is 5.32 Å². The molecule has 1 saturated carbocycles. The van der Waals surface area contributed by atoms with Crippen LogP contribution in [-0.2, 0) is 0 Å². The fraction of sp³-hybridized carbons (Fsp3) is 1.00. The van der Waals surface area contributed by atoms with E-state index in [2.05, 4.69) is 17.1 Å². The van der Waals surface area contributed by atoms with Gasteiger partial charge in [-0.1, -0.05) is 19.8 Å². The summed E-state index contributed by atoms with van der Waals surface area (Å²) in [6.45, 7) is 7.35. The van der Waals surface area contributed by atoms with Crippen LogP contribution in [0.15, 0.2) is 0 Å². The first-order valence-electron chi connectivity index (χ1n) is 6.34. The second-order valence-corrected chi connectivity index (χ2v) is 4.91. The Bertz CT molecular complexity index is 158. The Hall–Kier alpha value is -0.0800. The second kappa shape index (κ2) is 5.13. The van der Waals surface area contributed by atoms with Crippen molar-refractivity contribution in [3.63, 3.8) is 0 Å². The van der Waals surface area contributed by atoms with E-state index in [1.807, 2.05) is 0 Å². The molecule has 0 aromatic heterocycles. The van der Waals surface area contributed by atoms with Crippen molar-refractivity contribution in [1.82, 2.24) is 10.2 Å².